The molecule has 2 heterocycles. The summed E-state index contributed by atoms with van der Waals surface area (Å²) in [6.07, 6.45) is -1.28. The number of rotatable bonds is 3. The second kappa shape index (κ2) is 5.32. The van der Waals surface area contributed by atoms with Gasteiger partial charge in [0.15, 0.2) is 5.69 Å². The molecule has 2 aromatic rings. The minimum absolute atomic E-state index is 0.0214. The van der Waals surface area contributed by atoms with E-state index in [0.717, 1.165) is 17.2 Å². The van der Waals surface area contributed by atoms with Crippen molar-refractivity contribution in [2.45, 2.75) is 19.6 Å². The number of anilines is 2. The van der Waals surface area contributed by atoms with Crippen molar-refractivity contribution in [3.63, 3.8) is 0 Å². The highest BCUT2D eigenvalue weighted by molar-refractivity contribution is 5.42. The summed E-state index contributed by atoms with van der Waals surface area (Å²) >= 11 is 0. The van der Waals surface area contributed by atoms with Crippen LogP contribution in [0, 0.1) is 6.92 Å². The van der Waals surface area contributed by atoms with Gasteiger partial charge in [0.25, 0.3) is 0 Å². The topological polar surface area (TPSA) is 76.7 Å². The number of halogens is 3. The average Bonchev–Trinajstić information content (AvgIpc) is 2.36. The van der Waals surface area contributed by atoms with Crippen molar-refractivity contribution >= 4 is 11.8 Å². The van der Waals surface area contributed by atoms with E-state index in [1.54, 1.807) is 12.4 Å². The van der Waals surface area contributed by atoms with Crippen LogP contribution in [0.1, 0.15) is 16.8 Å². The Hall–Kier alpha value is -2.38. The first-order valence-electron chi connectivity index (χ1n) is 5.71. The van der Waals surface area contributed by atoms with Crippen molar-refractivity contribution in [1.29, 1.82) is 0 Å². The highest BCUT2D eigenvalue weighted by atomic mass is 19.4. The smallest absolute Gasteiger partial charge is 0.368 e. The van der Waals surface area contributed by atoms with E-state index in [1.165, 1.54) is 0 Å². The van der Waals surface area contributed by atoms with Gasteiger partial charge in [-0.05, 0) is 24.1 Å². The zero-order valence-corrected chi connectivity index (χ0v) is 10.6. The Morgan fingerprint density at radius 3 is 2.70 bits per heavy atom. The predicted octanol–water partition coefficient (Wildman–Crippen LogP) is 2.39. The summed E-state index contributed by atoms with van der Waals surface area (Å²) in [5.41, 5.74) is 6.04. The lowest BCUT2D eigenvalue weighted by Gasteiger charge is -2.11. The molecule has 0 aromatic carbocycles. The lowest BCUT2D eigenvalue weighted by atomic mass is 10.1. The molecule has 0 aliphatic carbocycles. The van der Waals surface area contributed by atoms with Gasteiger partial charge in [-0.1, -0.05) is 0 Å². The van der Waals surface area contributed by atoms with E-state index in [0.29, 0.717) is 6.54 Å². The highest BCUT2D eigenvalue weighted by Crippen LogP contribution is 2.29. The largest absolute Gasteiger partial charge is 0.433 e. The molecule has 0 bridgehead atoms. The highest BCUT2D eigenvalue weighted by Gasteiger charge is 2.33. The van der Waals surface area contributed by atoms with E-state index in [4.69, 9.17) is 5.73 Å². The fourth-order valence-electron chi connectivity index (χ4n) is 1.57. The Labute approximate surface area is 113 Å². The molecule has 0 radical (unpaired) electrons. The Morgan fingerprint density at radius 2 is 2.05 bits per heavy atom. The van der Waals surface area contributed by atoms with Gasteiger partial charge in [-0.15, -0.1) is 0 Å². The molecule has 0 saturated heterocycles. The van der Waals surface area contributed by atoms with Crippen LogP contribution in [-0.4, -0.2) is 15.0 Å². The van der Waals surface area contributed by atoms with Gasteiger partial charge in [-0.25, -0.2) is 4.98 Å². The third-order valence-corrected chi connectivity index (χ3v) is 2.64. The fourth-order valence-corrected chi connectivity index (χ4v) is 1.57. The first-order chi connectivity index (χ1) is 9.36. The second-order valence-corrected chi connectivity index (χ2v) is 4.15. The number of aryl methyl sites for hydroxylation is 1. The zero-order chi connectivity index (χ0) is 14.8. The van der Waals surface area contributed by atoms with Crippen molar-refractivity contribution in [2.75, 3.05) is 11.1 Å². The number of nitrogens with one attached hydrogen (secondary N) is 1. The first kappa shape index (κ1) is 14.0. The Balaban J connectivity index is 2.18. The van der Waals surface area contributed by atoms with Crippen molar-refractivity contribution in [3.8, 4) is 0 Å². The van der Waals surface area contributed by atoms with Crippen LogP contribution in [0.15, 0.2) is 24.5 Å². The fraction of sp³-hybridized carbons (Fsp3) is 0.250. The molecule has 5 nitrogen and oxygen atoms in total. The van der Waals surface area contributed by atoms with Gasteiger partial charge < -0.3 is 11.1 Å². The van der Waals surface area contributed by atoms with Crippen LogP contribution < -0.4 is 11.1 Å². The van der Waals surface area contributed by atoms with Crippen LogP contribution in [0.2, 0.25) is 0 Å². The van der Waals surface area contributed by atoms with Crippen LogP contribution in [0.4, 0.5) is 24.9 Å². The van der Waals surface area contributed by atoms with Gasteiger partial charge in [-0.3, -0.25) is 4.98 Å². The molecule has 0 aliphatic heterocycles. The van der Waals surface area contributed by atoms with Gasteiger partial charge in [-0.2, -0.15) is 18.2 Å². The summed E-state index contributed by atoms with van der Waals surface area (Å²) in [7, 11) is 0. The number of nitrogens with two attached hydrogens (primary N) is 1. The van der Waals surface area contributed by atoms with E-state index in [-0.39, 0.29) is 5.82 Å². The number of alkyl halides is 3. The maximum absolute atomic E-state index is 12.6. The standard InChI is InChI=1S/C12H12F3N5/c1-7-2-3-17-5-8(7)6-18-10-4-9(12(13,14)15)19-11(16)20-10/h2-5H,6H2,1H3,(H3,16,18,19,20). The minimum Gasteiger partial charge on any atom is -0.368 e. The summed E-state index contributed by atoms with van der Waals surface area (Å²) in [5.74, 6) is -0.404. The molecule has 8 heteroatoms. The van der Waals surface area contributed by atoms with Gasteiger partial charge in [0.05, 0.1) is 0 Å². The maximum atomic E-state index is 12.6. The van der Waals surface area contributed by atoms with Gasteiger partial charge >= 0.3 is 6.18 Å². The average molecular weight is 283 g/mol. The molecule has 0 atom stereocenters. The Morgan fingerprint density at radius 1 is 1.30 bits per heavy atom. The molecule has 20 heavy (non-hydrogen) atoms. The molecule has 3 N–H and O–H groups in total. The van der Waals surface area contributed by atoms with Crippen LogP contribution in [0.5, 0.6) is 0 Å². The summed E-state index contributed by atoms with van der Waals surface area (Å²) in [6, 6.07) is 2.63. The molecule has 0 fully saturated rings. The molecule has 0 saturated carbocycles. The first-order valence-corrected chi connectivity index (χ1v) is 5.71. The molecule has 0 spiro atoms. The second-order valence-electron chi connectivity index (χ2n) is 4.15. The summed E-state index contributed by atoms with van der Waals surface area (Å²) in [4.78, 5) is 10.8. The summed E-state index contributed by atoms with van der Waals surface area (Å²) in [6.45, 7) is 2.18. The van der Waals surface area contributed by atoms with Crippen LogP contribution in [-0.2, 0) is 12.7 Å². The predicted molar refractivity (Wildman–Crippen MR) is 67.7 cm³/mol. The van der Waals surface area contributed by atoms with Crippen LogP contribution in [0.25, 0.3) is 0 Å². The van der Waals surface area contributed by atoms with E-state index in [1.807, 2.05) is 13.0 Å². The van der Waals surface area contributed by atoms with Crippen molar-refractivity contribution in [3.05, 3.63) is 41.3 Å². The van der Waals surface area contributed by atoms with Crippen molar-refractivity contribution < 1.29 is 13.2 Å². The summed E-state index contributed by atoms with van der Waals surface area (Å²) < 4.78 is 37.8. The monoisotopic (exact) mass is 283 g/mol. The Kier molecular flexibility index (Phi) is 3.73. The number of hydrogen-bond acceptors (Lipinski definition) is 5. The van der Waals surface area contributed by atoms with Gasteiger partial charge in [0, 0.05) is 25.0 Å². The van der Waals surface area contributed by atoms with E-state index in [2.05, 4.69) is 20.3 Å². The van der Waals surface area contributed by atoms with E-state index in [9.17, 15) is 13.2 Å². The molecule has 0 amide bonds. The molecular formula is C12H12F3N5. The number of nitrogens with zero attached hydrogens (tertiary/aromatic N) is 3. The molecular weight excluding hydrogens is 271 g/mol. The van der Waals surface area contributed by atoms with E-state index >= 15 is 0 Å². The molecule has 2 aromatic heterocycles. The van der Waals surface area contributed by atoms with Crippen LogP contribution in [0.3, 0.4) is 0 Å². The molecule has 0 unspecified atom stereocenters. The zero-order valence-electron chi connectivity index (χ0n) is 10.6. The van der Waals surface area contributed by atoms with Gasteiger partial charge in [0.2, 0.25) is 5.95 Å². The number of hydrogen-bond donors (Lipinski definition) is 2. The lowest BCUT2D eigenvalue weighted by Crippen LogP contribution is -2.13. The third kappa shape index (κ3) is 3.34. The number of nitrogen functional groups attached to an aromatic ring is 1. The van der Waals surface area contributed by atoms with Crippen molar-refractivity contribution in [1.82, 2.24) is 15.0 Å². The third-order valence-electron chi connectivity index (χ3n) is 2.64. The Bertz CT molecular complexity index is 612. The SMILES string of the molecule is Cc1ccncc1CNc1cc(C(F)(F)F)nc(N)n1. The molecule has 2 rings (SSSR count). The number of aromatic nitrogens is 3. The van der Waals surface area contributed by atoms with E-state index < -0.39 is 17.8 Å². The van der Waals surface area contributed by atoms with Gasteiger partial charge in [0.1, 0.15) is 5.82 Å². The quantitative estimate of drug-likeness (QED) is 0.904. The maximum Gasteiger partial charge on any atom is 0.433 e. The lowest BCUT2D eigenvalue weighted by molar-refractivity contribution is -0.141. The van der Waals surface area contributed by atoms with Crippen molar-refractivity contribution in [2.24, 2.45) is 0 Å². The minimum atomic E-state index is -4.56. The molecule has 0 aliphatic rings. The molecule has 106 valence electrons. The number of pyridine rings is 1. The summed E-state index contributed by atoms with van der Waals surface area (Å²) in [5, 5.41) is 2.78. The van der Waals surface area contributed by atoms with Crippen LogP contribution >= 0.6 is 0 Å². The normalized spacial score (nSPS) is 11.4.